The highest BCUT2D eigenvalue weighted by atomic mass is 14.9. The van der Waals surface area contributed by atoms with Gasteiger partial charge in [0.15, 0.2) is 0 Å². The molecule has 0 fully saturated rings. The van der Waals surface area contributed by atoms with Gasteiger partial charge in [0.25, 0.3) is 0 Å². The molecule has 1 aromatic heterocycles. The van der Waals surface area contributed by atoms with Crippen LogP contribution in [0, 0.1) is 0 Å². The summed E-state index contributed by atoms with van der Waals surface area (Å²) in [6.45, 7) is 0. The molecule has 106 valence electrons. The Hall–Kier alpha value is -2.19. The number of aromatic nitrogens is 1. The van der Waals surface area contributed by atoms with Crippen molar-refractivity contribution in [3.8, 4) is 0 Å². The van der Waals surface area contributed by atoms with Crippen LogP contribution in [0.1, 0.15) is 23.6 Å². The first-order chi connectivity index (χ1) is 10.4. The molecule has 0 saturated carbocycles. The van der Waals surface area contributed by atoms with Crippen molar-refractivity contribution in [1.82, 2.24) is 10.3 Å². The van der Waals surface area contributed by atoms with E-state index in [4.69, 9.17) is 0 Å². The molecule has 1 N–H and O–H groups in total. The van der Waals surface area contributed by atoms with Gasteiger partial charge in [-0.2, -0.15) is 0 Å². The Morgan fingerprint density at radius 2 is 1.71 bits per heavy atom. The summed E-state index contributed by atoms with van der Waals surface area (Å²) in [7, 11) is 2.03. The van der Waals surface area contributed by atoms with E-state index in [0.29, 0.717) is 6.04 Å². The number of fused-ring (bicyclic) bond motifs is 1. The van der Waals surface area contributed by atoms with Gasteiger partial charge in [0.2, 0.25) is 0 Å². The maximum absolute atomic E-state index is 4.37. The second-order valence-electron chi connectivity index (χ2n) is 5.31. The molecule has 0 saturated heterocycles. The van der Waals surface area contributed by atoms with E-state index in [0.717, 1.165) is 12.8 Å². The predicted molar refractivity (Wildman–Crippen MR) is 88.3 cm³/mol. The van der Waals surface area contributed by atoms with Crippen molar-refractivity contribution in [2.24, 2.45) is 0 Å². The molecule has 21 heavy (non-hydrogen) atoms. The minimum atomic E-state index is 0.380. The SMILES string of the molecule is CNC(CCc1cncc2ccccc12)c1ccccc1. The van der Waals surface area contributed by atoms with Crippen molar-refractivity contribution >= 4 is 10.8 Å². The van der Waals surface area contributed by atoms with E-state index in [2.05, 4.69) is 64.9 Å². The van der Waals surface area contributed by atoms with Gasteiger partial charge in [0.1, 0.15) is 0 Å². The summed E-state index contributed by atoms with van der Waals surface area (Å²) in [6.07, 6.45) is 6.02. The van der Waals surface area contributed by atoms with Gasteiger partial charge in [-0.25, -0.2) is 0 Å². The molecule has 0 aliphatic carbocycles. The normalized spacial score (nSPS) is 12.4. The molecule has 2 heteroatoms. The Bertz CT molecular complexity index is 702. The third kappa shape index (κ3) is 3.11. The first-order valence-corrected chi connectivity index (χ1v) is 7.42. The number of hydrogen-bond donors (Lipinski definition) is 1. The maximum Gasteiger partial charge on any atom is 0.0346 e. The van der Waals surface area contributed by atoms with Crippen LogP contribution < -0.4 is 5.32 Å². The smallest absolute Gasteiger partial charge is 0.0346 e. The van der Waals surface area contributed by atoms with Crippen molar-refractivity contribution in [3.05, 3.63) is 78.1 Å². The van der Waals surface area contributed by atoms with Gasteiger partial charge in [-0.1, -0.05) is 54.6 Å². The largest absolute Gasteiger partial charge is 0.313 e. The van der Waals surface area contributed by atoms with Crippen LogP contribution in [0.2, 0.25) is 0 Å². The molecule has 3 aromatic rings. The summed E-state index contributed by atoms with van der Waals surface area (Å²) < 4.78 is 0. The number of benzene rings is 2. The minimum Gasteiger partial charge on any atom is -0.313 e. The van der Waals surface area contributed by atoms with E-state index in [9.17, 15) is 0 Å². The standard InChI is InChI=1S/C19H20N2/c1-20-19(15-7-3-2-4-8-15)12-11-17-14-21-13-16-9-5-6-10-18(16)17/h2-10,13-14,19-20H,11-12H2,1H3. The van der Waals surface area contributed by atoms with Crippen molar-refractivity contribution in [2.75, 3.05) is 7.05 Å². The van der Waals surface area contributed by atoms with E-state index in [1.807, 2.05) is 19.4 Å². The summed E-state index contributed by atoms with van der Waals surface area (Å²) in [5, 5.41) is 5.95. The molecule has 3 rings (SSSR count). The van der Waals surface area contributed by atoms with Crippen molar-refractivity contribution in [1.29, 1.82) is 0 Å². The van der Waals surface area contributed by atoms with E-state index >= 15 is 0 Å². The quantitative estimate of drug-likeness (QED) is 0.758. The number of nitrogens with zero attached hydrogens (tertiary/aromatic N) is 1. The molecule has 0 aliphatic rings. The van der Waals surface area contributed by atoms with E-state index in [1.54, 1.807) is 0 Å². The van der Waals surface area contributed by atoms with Crippen molar-refractivity contribution in [2.45, 2.75) is 18.9 Å². The Balaban J connectivity index is 1.79. The Morgan fingerprint density at radius 1 is 0.952 bits per heavy atom. The molecule has 2 nitrogen and oxygen atoms in total. The molecule has 1 atom stereocenters. The summed E-state index contributed by atoms with van der Waals surface area (Å²) in [4.78, 5) is 4.37. The Labute approximate surface area is 125 Å². The lowest BCUT2D eigenvalue weighted by atomic mass is 9.97. The fourth-order valence-corrected chi connectivity index (χ4v) is 2.84. The minimum absolute atomic E-state index is 0.380. The molecule has 1 unspecified atom stereocenters. The van der Waals surface area contributed by atoms with Gasteiger partial charge in [0, 0.05) is 23.8 Å². The zero-order valence-corrected chi connectivity index (χ0v) is 12.3. The van der Waals surface area contributed by atoms with Crippen molar-refractivity contribution in [3.63, 3.8) is 0 Å². The zero-order chi connectivity index (χ0) is 14.5. The predicted octanol–water partition coefficient (Wildman–Crippen LogP) is 4.13. The maximum atomic E-state index is 4.37. The van der Waals surface area contributed by atoms with Gasteiger partial charge in [-0.3, -0.25) is 4.98 Å². The van der Waals surface area contributed by atoms with Gasteiger partial charge >= 0.3 is 0 Å². The lowest BCUT2D eigenvalue weighted by molar-refractivity contribution is 0.550. The third-order valence-electron chi connectivity index (χ3n) is 4.00. The molecule has 2 aromatic carbocycles. The fourth-order valence-electron chi connectivity index (χ4n) is 2.84. The average Bonchev–Trinajstić information content (AvgIpc) is 2.56. The number of hydrogen-bond acceptors (Lipinski definition) is 2. The number of pyridine rings is 1. The molecule has 0 spiro atoms. The monoisotopic (exact) mass is 276 g/mol. The van der Waals surface area contributed by atoms with E-state index < -0.39 is 0 Å². The molecule has 0 aliphatic heterocycles. The molecule has 0 bridgehead atoms. The second-order valence-corrected chi connectivity index (χ2v) is 5.31. The molecular weight excluding hydrogens is 256 g/mol. The van der Waals surface area contributed by atoms with Gasteiger partial charge in [0.05, 0.1) is 0 Å². The van der Waals surface area contributed by atoms with Gasteiger partial charge in [-0.15, -0.1) is 0 Å². The highest BCUT2D eigenvalue weighted by molar-refractivity contribution is 5.84. The number of rotatable bonds is 5. The molecule has 1 heterocycles. The summed E-state index contributed by atoms with van der Waals surface area (Å²) in [6, 6.07) is 19.5. The number of nitrogens with one attached hydrogen (secondary N) is 1. The highest BCUT2D eigenvalue weighted by Gasteiger charge is 2.10. The van der Waals surface area contributed by atoms with Crippen LogP contribution in [-0.4, -0.2) is 12.0 Å². The second kappa shape index (κ2) is 6.51. The van der Waals surface area contributed by atoms with Crippen LogP contribution in [0.3, 0.4) is 0 Å². The van der Waals surface area contributed by atoms with Gasteiger partial charge < -0.3 is 5.32 Å². The molecular formula is C19H20N2. The zero-order valence-electron chi connectivity index (χ0n) is 12.3. The average molecular weight is 276 g/mol. The van der Waals surface area contributed by atoms with Crippen LogP contribution in [0.4, 0.5) is 0 Å². The lowest BCUT2D eigenvalue weighted by Crippen LogP contribution is -2.17. The van der Waals surface area contributed by atoms with Crippen molar-refractivity contribution < 1.29 is 0 Å². The molecule has 0 radical (unpaired) electrons. The first kappa shape index (κ1) is 13.8. The van der Waals surface area contributed by atoms with Crippen LogP contribution in [0.5, 0.6) is 0 Å². The third-order valence-corrected chi connectivity index (χ3v) is 4.00. The topological polar surface area (TPSA) is 24.9 Å². The summed E-state index contributed by atoms with van der Waals surface area (Å²) >= 11 is 0. The van der Waals surface area contributed by atoms with Crippen LogP contribution in [-0.2, 0) is 6.42 Å². The molecule has 0 amide bonds. The van der Waals surface area contributed by atoms with Crippen LogP contribution >= 0.6 is 0 Å². The van der Waals surface area contributed by atoms with E-state index in [-0.39, 0.29) is 0 Å². The van der Waals surface area contributed by atoms with Crippen LogP contribution in [0.15, 0.2) is 67.0 Å². The lowest BCUT2D eigenvalue weighted by Gasteiger charge is -2.17. The van der Waals surface area contributed by atoms with Crippen LogP contribution in [0.25, 0.3) is 10.8 Å². The summed E-state index contributed by atoms with van der Waals surface area (Å²) in [5.41, 5.74) is 2.66. The fraction of sp³-hybridized carbons (Fsp3) is 0.211. The Morgan fingerprint density at radius 3 is 2.52 bits per heavy atom. The number of aryl methyl sites for hydroxylation is 1. The highest BCUT2D eigenvalue weighted by Crippen LogP contribution is 2.22. The summed E-state index contributed by atoms with van der Waals surface area (Å²) in [5.74, 6) is 0. The van der Waals surface area contributed by atoms with Gasteiger partial charge in [-0.05, 0) is 36.4 Å². The Kier molecular flexibility index (Phi) is 4.27. The van der Waals surface area contributed by atoms with E-state index in [1.165, 1.54) is 21.9 Å². The first-order valence-electron chi connectivity index (χ1n) is 7.42.